The van der Waals surface area contributed by atoms with Gasteiger partial charge in [-0.05, 0) is 54.9 Å². The first-order valence-electron chi connectivity index (χ1n) is 7.34. The van der Waals surface area contributed by atoms with E-state index in [0.29, 0.717) is 16.8 Å². The average molecular weight is 369 g/mol. The Hall–Kier alpha value is -2.54. The molecule has 0 radical (unpaired) electrons. The molecule has 0 amide bonds. The minimum absolute atomic E-state index is 0.00432. The van der Waals surface area contributed by atoms with Crippen molar-refractivity contribution in [2.75, 3.05) is 6.61 Å². The van der Waals surface area contributed by atoms with Gasteiger partial charge in [0.2, 0.25) is 5.28 Å². The molecule has 25 heavy (non-hydrogen) atoms. The molecule has 0 N–H and O–H groups in total. The van der Waals surface area contributed by atoms with Crippen molar-refractivity contribution >= 4 is 28.6 Å². The first-order valence-corrected chi connectivity index (χ1v) is 7.72. The van der Waals surface area contributed by atoms with Gasteiger partial charge in [-0.15, -0.1) is 0 Å². The maximum Gasteiger partial charge on any atom is 0.416 e. The van der Waals surface area contributed by atoms with Crippen LogP contribution >= 0.6 is 11.6 Å². The summed E-state index contributed by atoms with van der Waals surface area (Å²) >= 11 is 6.12. The topological polar surface area (TPSA) is 44.1 Å². The van der Waals surface area contributed by atoms with Crippen LogP contribution in [0.3, 0.4) is 0 Å². The third-order valence-electron chi connectivity index (χ3n) is 3.56. The summed E-state index contributed by atoms with van der Waals surface area (Å²) in [7, 11) is 0. The van der Waals surface area contributed by atoms with E-state index >= 15 is 0 Å². The van der Waals surface area contributed by atoms with Gasteiger partial charge in [0.05, 0.1) is 28.8 Å². The number of hydrogen-bond donors (Lipinski definition) is 0. The molecular formula is C17H12ClF3N2O2. The number of esters is 1. The Labute approximate surface area is 145 Å². The van der Waals surface area contributed by atoms with E-state index in [1.54, 1.807) is 31.2 Å². The third-order valence-corrected chi connectivity index (χ3v) is 3.81. The molecule has 3 rings (SSSR count). The molecule has 4 nitrogen and oxygen atoms in total. The molecule has 0 saturated heterocycles. The zero-order chi connectivity index (χ0) is 18.2. The number of fused-ring (bicyclic) bond motifs is 1. The molecule has 8 heteroatoms. The normalized spacial score (nSPS) is 11.7. The van der Waals surface area contributed by atoms with E-state index in [2.05, 4.69) is 4.98 Å². The summed E-state index contributed by atoms with van der Waals surface area (Å²) in [5.74, 6) is -0.496. The molecule has 0 atom stereocenters. The number of benzene rings is 2. The monoisotopic (exact) mass is 368 g/mol. The lowest BCUT2D eigenvalue weighted by molar-refractivity contribution is -0.137. The predicted octanol–water partition coefficient (Wildman–Crippen LogP) is 4.87. The molecule has 3 aromatic rings. The lowest BCUT2D eigenvalue weighted by Crippen LogP contribution is -2.06. The molecule has 0 saturated carbocycles. The van der Waals surface area contributed by atoms with Crippen molar-refractivity contribution in [3.63, 3.8) is 0 Å². The number of hydrogen-bond acceptors (Lipinski definition) is 3. The summed E-state index contributed by atoms with van der Waals surface area (Å²) in [6, 6.07) is 9.63. The first kappa shape index (κ1) is 17.3. The van der Waals surface area contributed by atoms with Gasteiger partial charge in [0.25, 0.3) is 0 Å². The molecule has 0 unspecified atom stereocenters. The zero-order valence-corrected chi connectivity index (χ0v) is 13.7. The molecule has 0 aliphatic rings. The summed E-state index contributed by atoms with van der Waals surface area (Å²) in [5.41, 5.74) is 0.518. The fourth-order valence-electron chi connectivity index (χ4n) is 2.46. The number of carbonyl (C=O) groups is 1. The Morgan fingerprint density at radius 2 is 2.00 bits per heavy atom. The van der Waals surface area contributed by atoms with E-state index in [1.165, 1.54) is 10.6 Å². The number of imidazole rings is 1. The summed E-state index contributed by atoms with van der Waals surface area (Å²) in [6.45, 7) is 1.93. The van der Waals surface area contributed by atoms with Crippen LogP contribution in [-0.4, -0.2) is 22.1 Å². The number of carbonyl (C=O) groups excluding carboxylic acids is 1. The van der Waals surface area contributed by atoms with Crippen LogP contribution in [0.25, 0.3) is 16.7 Å². The van der Waals surface area contributed by atoms with Crippen LogP contribution < -0.4 is 0 Å². The van der Waals surface area contributed by atoms with Crippen molar-refractivity contribution < 1.29 is 22.7 Å². The Morgan fingerprint density at radius 3 is 2.68 bits per heavy atom. The van der Waals surface area contributed by atoms with Gasteiger partial charge in [-0.1, -0.05) is 6.07 Å². The van der Waals surface area contributed by atoms with E-state index in [-0.39, 0.29) is 17.4 Å². The minimum Gasteiger partial charge on any atom is -0.462 e. The first-order chi connectivity index (χ1) is 11.8. The molecule has 1 aromatic heterocycles. The lowest BCUT2D eigenvalue weighted by atomic mass is 10.1. The largest absolute Gasteiger partial charge is 0.462 e. The summed E-state index contributed by atoms with van der Waals surface area (Å²) in [6.07, 6.45) is -4.46. The Bertz CT molecular complexity index is 951. The number of ether oxygens (including phenoxy) is 1. The van der Waals surface area contributed by atoms with Gasteiger partial charge < -0.3 is 4.74 Å². The van der Waals surface area contributed by atoms with Crippen molar-refractivity contribution in [2.24, 2.45) is 0 Å². The third kappa shape index (κ3) is 3.32. The number of halogens is 4. The number of rotatable bonds is 3. The van der Waals surface area contributed by atoms with E-state index in [9.17, 15) is 18.0 Å². The van der Waals surface area contributed by atoms with Gasteiger partial charge in [0, 0.05) is 5.69 Å². The Morgan fingerprint density at radius 1 is 1.24 bits per heavy atom. The lowest BCUT2D eigenvalue weighted by Gasteiger charge is -2.09. The van der Waals surface area contributed by atoms with Gasteiger partial charge in [-0.25, -0.2) is 9.78 Å². The summed E-state index contributed by atoms with van der Waals surface area (Å²) in [4.78, 5) is 15.9. The van der Waals surface area contributed by atoms with Crippen LogP contribution in [0.2, 0.25) is 5.28 Å². The van der Waals surface area contributed by atoms with Crippen LogP contribution in [0.5, 0.6) is 0 Å². The molecular weight excluding hydrogens is 357 g/mol. The maximum absolute atomic E-state index is 12.8. The van der Waals surface area contributed by atoms with E-state index in [4.69, 9.17) is 16.3 Å². The van der Waals surface area contributed by atoms with Crippen molar-refractivity contribution in [2.45, 2.75) is 13.1 Å². The van der Waals surface area contributed by atoms with Crippen molar-refractivity contribution in [3.8, 4) is 5.69 Å². The standard InChI is InChI=1S/C17H12ClF3N2O2/c1-2-25-15(24)10-4-3-5-12(8-10)23-14-7-6-11(17(19,20)21)9-13(14)22-16(23)18/h3-9H,2H2,1H3. The van der Waals surface area contributed by atoms with Gasteiger partial charge in [0.1, 0.15) is 0 Å². The number of nitrogens with zero attached hydrogens (tertiary/aromatic N) is 2. The fraction of sp³-hybridized carbons (Fsp3) is 0.176. The second kappa shape index (κ2) is 6.40. The second-order valence-electron chi connectivity index (χ2n) is 5.19. The van der Waals surface area contributed by atoms with Gasteiger partial charge >= 0.3 is 12.1 Å². The van der Waals surface area contributed by atoms with Crippen molar-refractivity contribution in [1.82, 2.24) is 9.55 Å². The zero-order valence-electron chi connectivity index (χ0n) is 13.0. The maximum atomic E-state index is 12.8. The Kier molecular flexibility index (Phi) is 4.43. The average Bonchev–Trinajstić information content (AvgIpc) is 2.89. The van der Waals surface area contributed by atoms with Gasteiger partial charge in [0.15, 0.2) is 0 Å². The SMILES string of the molecule is CCOC(=O)c1cccc(-n2c(Cl)nc3cc(C(F)(F)F)ccc32)c1. The minimum atomic E-state index is -4.46. The van der Waals surface area contributed by atoms with Crippen LogP contribution in [0.15, 0.2) is 42.5 Å². The molecule has 0 aliphatic carbocycles. The highest BCUT2D eigenvalue weighted by Crippen LogP contribution is 2.33. The smallest absolute Gasteiger partial charge is 0.416 e. The van der Waals surface area contributed by atoms with E-state index < -0.39 is 17.7 Å². The highest BCUT2D eigenvalue weighted by atomic mass is 35.5. The quantitative estimate of drug-likeness (QED) is 0.619. The van der Waals surface area contributed by atoms with Crippen LogP contribution in [0, 0.1) is 0 Å². The highest BCUT2D eigenvalue weighted by Gasteiger charge is 2.31. The molecule has 1 heterocycles. The Balaban J connectivity index is 2.12. The predicted molar refractivity (Wildman–Crippen MR) is 87.0 cm³/mol. The number of alkyl halides is 3. The summed E-state index contributed by atoms with van der Waals surface area (Å²) < 4.78 is 44.9. The van der Waals surface area contributed by atoms with E-state index in [1.807, 2.05) is 0 Å². The number of aromatic nitrogens is 2. The highest BCUT2D eigenvalue weighted by molar-refractivity contribution is 6.29. The second-order valence-corrected chi connectivity index (χ2v) is 5.53. The fourth-order valence-corrected chi connectivity index (χ4v) is 2.74. The summed E-state index contributed by atoms with van der Waals surface area (Å²) in [5, 5.41) is -0.00432. The van der Waals surface area contributed by atoms with Crippen LogP contribution in [0.4, 0.5) is 13.2 Å². The van der Waals surface area contributed by atoms with Gasteiger partial charge in [-0.3, -0.25) is 4.57 Å². The van der Waals surface area contributed by atoms with Gasteiger partial charge in [-0.2, -0.15) is 13.2 Å². The van der Waals surface area contributed by atoms with Crippen molar-refractivity contribution in [3.05, 3.63) is 58.9 Å². The molecule has 0 fully saturated rings. The van der Waals surface area contributed by atoms with Crippen molar-refractivity contribution in [1.29, 1.82) is 0 Å². The molecule has 130 valence electrons. The van der Waals surface area contributed by atoms with Crippen LogP contribution in [0.1, 0.15) is 22.8 Å². The molecule has 2 aromatic carbocycles. The van der Waals surface area contributed by atoms with Crippen LogP contribution in [-0.2, 0) is 10.9 Å². The van der Waals surface area contributed by atoms with E-state index in [0.717, 1.165) is 12.1 Å². The molecule has 0 spiro atoms. The molecule has 0 aliphatic heterocycles. The molecule has 0 bridgehead atoms.